The maximum Gasteiger partial charge on any atom is 0.148 e. The van der Waals surface area contributed by atoms with Gasteiger partial charge in [-0.15, -0.1) is 0 Å². The number of anilines is 2. The van der Waals surface area contributed by atoms with E-state index in [1.165, 1.54) is 6.33 Å². The van der Waals surface area contributed by atoms with Gasteiger partial charge in [0.1, 0.15) is 29.6 Å². The van der Waals surface area contributed by atoms with Crippen LogP contribution in [-0.4, -0.2) is 9.97 Å². The summed E-state index contributed by atoms with van der Waals surface area (Å²) >= 11 is 0. The first-order chi connectivity index (χ1) is 10.0. The van der Waals surface area contributed by atoms with Crippen LogP contribution in [0.2, 0.25) is 0 Å². The third kappa shape index (κ3) is 3.43. The molecule has 0 saturated carbocycles. The van der Waals surface area contributed by atoms with E-state index in [1.807, 2.05) is 13.8 Å². The van der Waals surface area contributed by atoms with Gasteiger partial charge < -0.3 is 10.7 Å². The van der Waals surface area contributed by atoms with Crippen LogP contribution in [-0.2, 0) is 6.54 Å². The molecule has 0 aliphatic rings. The van der Waals surface area contributed by atoms with Gasteiger partial charge in [-0.25, -0.2) is 24.6 Å². The molecule has 2 rings (SSSR count). The molecule has 112 valence electrons. The van der Waals surface area contributed by atoms with Crippen LogP contribution in [0.25, 0.3) is 0 Å². The normalized spacial score (nSPS) is 10.8. The monoisotopic (exact) mass is 293 g/mol. The van der Waals surface area contributed by atoms with Gasteiger partial charge >= 0.3 is 0 Å². The van der Waals surface area contributed by atoms with E-state index in [9.17, 15) is 8.78 Å². The molecule has 0 fully saturated rings. The van der Waals surface area contributed by atoms with Crippen molar-refractivity contribution >= 4 is 11.6 Å². The molecule has 1 aromatic heterocycles. The summed E-state index contributed by atoms with van der Waals surface area (Å²) in [6, 6.07) is 3.34. The Labute approximate surface area is 121 Å². The molecule has 0 aliphatic carbocycles. The number of hydrogen-bond acceptors (Lipinski definition) is 5. The average Bonchev–Trinajstić information content (AvgIpc) is 2.47. The Balaban J connectivity index is 2.26. The van der Waals surface area contributed by atoms with Gasteiger partial charge in [0.15, 0.2) is 0 Å². The fraction of sp³-hybridized carbons (Fsp3) is 0.286. The molecule has 0 saturated heterocycles. The minimum atomic E-state index is -0.482. The van der Waals surface area contributed by atoms with Crippen molar-refractivity contribution in [3.05, 3.63) is 47.3 Å². The highest BCUT2D eigenvalue weighted by Gasteiger charge is 2.14. The number of hydrogen-bond donors (Lipinski definition) is 3. The summed E-state index contributed by atoms with van der Waals surface area (Å²) in [5.41, 5.74) is 3.53. The number of nitrogens with two attached hydrogens (primary N) is 1. The Morgan fingerprint density at radius 3 is 2.57 bits per heavy atom. The zero-order valence-corrected chi connectivity index (χ0v) is 11.8. The minimum absolute atomic E-state index is 0.108. The Bertz CT molecular complexity index is 631. The standard InChI is InChI=1S/C14H17F2N5/c1-8(2)12-13(19-7-20-14(12)21-17)18-6-9-5-10(15)3-4-11(9)16/h3-5,7-8H,6,17H2,1-2H3,(H2,18,19,20,21). The van der Waals surface area contributed by atoms with E-state index in [2.05, 4.69) is 20.7 Å². The lowest BCUT2D eigenvalue weighted by molar-refractivity contribution is 0.587. The summed E-state index contributed by atoms with van der Waals surface area (Å²) in [6.07, 6.45) is 1.35. The molecule has 0 spiro atoms. The second-order valence-corrected chi connectivity index (χ2v) is 4.87. The number of nitrogens with one attached hydrogen (secondary N) is 2. The number of nitrogen functional groups attached to an aromatic ring is 1. The third-order valence-corrected chi connectivity index (χ3v) is 3.05. The van der Waals surface area contributed by atoms with Crippen LogP contribution in [0.4, 0.5) is 20.4 Å². The van der Waals surface area contributed by atoms with E-state index >= 15 is 0 Å². The molecule has 0 unspecified atom stereocenters. The predicted molar refractivity (Wildman–Crippen MR) is 77.6 cm³/mol. The van der Waals surface area contributed by atoms with Crippen LogP contribution in [0.1, 0.15) is 30.9 Å². The molecule has 0 bridgehead atoms. The Hall–Kier alpha value is -2.28. The summed E-state index contributed by atoms with van der Waals surface area (Å²) in [6.45, 7) is 4.05. The lowest BCUT2D eigenvalue weighted by Crippen LogP contribution is -2.15. The number of benzene rings is 1. The second-order valence-electron chi connectivity index (χ2n) is 4.87. The molecule has 5 nitrogen and oxygen atoms in total. The van der Waals surface area contributed by atoms with Crippen LogP contribution >= 0.6 is 0 Å². The van der Waals surface area contributed by atoms with Crippen molar-refractivity contribution in [3.63, 3.8) is 0 Å². The molecular weight excluding hydrogens is 276 g/mol. The molecular formula is C14H17F2N5. The quantitative estimate of drug-likeness (QED) is 0.584. The van der Waals surface area contributed by atoms with E-state index in [-0.39, 0.29) is 18.0 Å². The second kappa shape index (κ2) is 6.45. The zero-order chi connectivity index (χ0) is 15.4. The average molecular weight is 293 g/mol. The molecule has 0 atom stereocenters. The van der Waals surface area contributed by atoms with E-state index in [0.717, 1.165) is 23.8 Å². The highest BCUT2D eigenvalue weighted by Crippen LogP contribution is 2.28. The smallest absolute Gasteiger partial charge is 0.148 e. The van der Waals surface area contributed by atoms with Gasteiger partial charge in [-0.3, -0.25) is 0 Å². The largest absolute Gasteiger partial charge is 0.365 e. The Kier molecular flexibility index (Phi) is 4.64. The summed E-state index contributed by atoms with van der Waals surface area (Å²) < 4.78 is 26.8. The maximum atomic E-state index is 13.6. The van der Waals surface area contributed by atoms with Gasteiger partial charge in [0.25, 0.3) is 0 Å². The van der Waals surface area contributed by atoms with Crippen molar-refractivity contribution in [1.29, 1.82) is 0 Å². The summed E-state index contributed by atoms with van der Waals surface area (Å²) in [5, 5.41) is 3.00. The first-order valence-electron chi connectivity index (χ1n) is 6.52. The van der Waals surface area contributed by atoms with Crippen molar-refractivity contribution in [2.24, 2.45) is 5.84 Å². The first-order valence-corrected chi connectivity index (χ1v) is 6.52. The van der Waals surface area contributed by atoms with E-state index in [1.54, 1.807) is 0 Å². The van der Waals surface area contributed by atoms with Crippen LogP contribution < -0.4 is 16.6 Å². The number of nitrogens with zero attached hydrogens (tertiary/aromatic N) is 2. The molecule has 7 heteroatoms. The lowest BCUT2D eigenvalue weighted by atomic mass is 10.0. The molecule has 0 aliphatic heterocycles. The van der Waals surface area contributed by atoms with Gasteiger partial charge in [0.05, 0.1) is 0 Å². The molecule has 1 aromatic carbocycles. The summed E-state index contributed by atoms with van der Waals surface area (Å²) in [5.74, 6) is 5.63. The highest BCUT2D eigenvalue weighted by molar-refractivity contribution is 5.58. The summed E-state index contributed by atoms with van der Waals surface area (Å²) in [7, 11) is 0. The fourth-order valence-electron chi connectivity index (χ4n) is 2.06. The first kappa shape index (κ1) is 15.1. The van der Waals surface area contributed by atoms with Gasteiger partial charge in [-0.2, -0.15) is 0 Å². The molecule has 4 N–H and O–H groups in total. The fourth-order valence-corrected chi connectivity index (χ4v) is 2.06. The lowest BCUT2D eigenvalue weighted by Gasteiger charge is -2.16. The number of halogens is 2. The number of rotatable bonds is 5. The Morgan fingerprint density at radius 2 is 1.90 bits per heavy atom. The SMILES string of the molecule is CC(C)c1c(NN)ncnc1NCc1cc(F)ccc1F. The van der Waals surface area contributed by atoms with Crippen molar-refractivity contribution in [1.82, 2.24) is 9.97 Å². The van der Waals surface area contributed by atoms with Crippen LogP contribution in [0.15, 0.2) is 24.5 Å². The van der Waals surface area contributed by atoms with Crippen molar-refractivity contribution in [2.45, 2.75) is 26.3 Å². The van der Waals surface area contributed by atoms with Gasteiger partial charge in [-0.05, 0) is 24.1 Å². The van der Waals surface area contributed by atoms with E-state index < -0.39 is 11.6 Å². The number of hydrazine groups is 1. The van der Waals surface area contributed by atoms with Crippen LogP contribution in [0, 0.1) is 11.6 Å². The van der Waals surface area contributed by atoms with Gasteiger partial charge in [0.2, 0.25) is 0 Å². The highest BCUT2D eigenvalue weighted by atomic mass is 19.1. The van der Waals surface area contributed by atoms with E-state index in [0.29, 0.717) is 11.6 Å². The van der Waals surface area contributed by atoms with Crippen molar-refractivity contribution < 1.29 is 8.78 Å². The van der Waals surface area contributed by atoms with Crippen molar-refractivity contribution in [3.8, 4) is 0 Å². The van der Waals surface area contributed by atoms with Gasteiger partial charge in [0, 0.05) is 17.7 Å². The zero-order valence-electron chi connectivity index (χ0n) is 11.8. The molecule has 0 amide bonds. The Morgan fingerprint density at radius 1 is 1.19 bits per heavy atom. The van der Waals surface area contributed by atoms with E-state index in [4.69, 9.17) is 5.84 Å². The molecule has 1 heterocycles. The predicted octanol–water partition coefficient (Wildman–Crippen LogP) is 2.78. The van der Waals surface area contributed by atoms with Crippen LogP contribution in [0.5, 0.6) is 0 Å². The number of aromatic nitrogens is 2. The molecule has 21 heavy (non-hydrogen) atoms. The minimum Gasteiger partial charge on any atom is -0.365 e. The third-order valence-electron chi connectivity index (χ3n) is 3.05. The summed E-state index contributed by atoms with van der Waals surface area (Å²) in [4.78, 5) is 8.19. The van der Waals surface area contributed by atoms with Gasteiger partial charge in [-0.1, -0.05) is 13.8 Å². The maximum absolute atomic E-state index is 13.6. The topological polar surface area (TPSA) is 75.9 Å². The molecule has 0 radical (unpaired) electrons. The van der Waals surface area contributed by atoms with Crippen LogP contribution in [0.3, 0.4) is 0 Å². The van der Waals surface area contributed by atoms with Crippen molar-refractivity contribution in [2.75, 3.05) is 10.7 Å². The molecule has 2 aromatic rings.